The zero-order valence-electron chi connectivity index (χ0n) is 10.6. The molecule has 0 saturated heterocycles. The summed E-state index contributed by atoms with van der Waals surface area (Å²) in [6.07, 6.45) is 5.02. The first-order chi connectivity index (χ1) is 8.83. The van der Waals surface area contributed by atoms with Gasteiger partial charge < -0.3 is 5.32 Å². The molecule has 4 nitrogen and oxygen atoms in total. The summed E-state index contributed by atoms with van der Waals surface area (Å²) in [5.41, 5.74) is 2.98. The van der Waals surface area contributed by atoms with Gasteiger partial charge in [-0.1, -0.05) is 24.3 Å². The van der Waals surface area contributed by atoms with E-state index in [1.165, 1.54) is 17.5 Å². The van der Waals surface area contributed by atoms with Crippen molar-refractivity contribution in [1.82, 2.24) is 20.5 Å². The van der Waals surface area contributed by atoms with Crippen LogP contribution < -0.4 is 5.32 Å². The van der Waals surface area contributed by atoms with Gasteiger partial charge in [0.05, 0.1) is 6.04 Å². The molecule has 3 rings (SSSR count). The average Bonchev–Trinajstić information content (AvgIpc) is 2.92. The van der Waals surface area contributed by atoms with E-state index >= 15 is 0 Å². The maximum Gasteiger partial charge on any atom is 0.141 e. The average molecular weight is 242 g/mol. The summed E-state index contributed by atoms with van der Waals surface area (Å²) in [4.78, 5) is 4.20. The molecule has 2 atom stereocenters. The molecule has 0 bridgehead atoms. The lowest BCUT2D eigenvalue weighted by Gasteiger charge is -2.27. The molecule has 0 amide bonds. The third-order valence-electron chi connectivity index (χ3n) is 3.68. The van der Waals surface area contributed by atoms with Crippen molar-refractivity contribution in [3.8, 4) is 0 Å². The lowest BCUT2D eigenvalue weighted by molar-refractivity contribution is 0.404. The van der Waals surface area contributed by atoms with E-state index in [9.17, 15) is 0 Å². The first-order valence-corrected chi connectivity index (χ1v) is 6.51. The third-order valence-corrected chi connectivity index (χ3v) is 3.68. The van der Waals surface area contributed by atoms with Crippen molar-refractivity contribution in [3.05, 3.63) is 47.5 Å². The smallest absolute Gasteiger partial charge is 0.141 e. The number of aryl methyl sites for hydroxylation is 1. The molecule has 94 valence electrons. The lowest BCUT2D eigenvalue weighted by atomic mass is 9.88. The lowest BCUT2D eigenvalue weighted by Crippen LogP contribution is -2.36. The van der Waals surface area contributed by atoms with Gasteiger partial charge in [-0.25, -0.2) is 4.98 Å². The fourth-order valence-corrected chi connectivity index (χ4v) is 2.70. The van der Waals surface area contributed by atoms with Gasteiger partial charge in [0.15, 0.2) is 0 Å². The molecule has 1 aromatic carbocycles. The van der Waals surface area contributed by atoms with E-state index in [0.717, 1.165) is 18.7 Å². The Balaban J connectivity index is 1.66. The van der Waals surface area contributed by atoms with Crippen LogP contribution >= 0.6 is 0 Å². The number of benzene rings is 1. The Morgan fingerprint density at radius 1 is 1.33 bits per heavy atom. The van der Waals surface area contributed by atoms with Crippen LogP contribution in [0.25, 0.3) is 0 Å². The molecule has 2 aromatic rings. The predicted octanol–water partition coefficient (Wildman–Crippen LogP) is 2.01. The largest absolute Gasteiger partial charge is 0.304 e. The standard InChI is InChI=1S/C14H18N4/c1-10(14-15-9-16-18-14)17-13-7-6-11-4-2-3-5-12(11)8-13/h2-5,9-10,13,17H,6-8H2,1H3,(H,15,16,18). The van der Waals surface area contributed by atoms with Crippen molar-refractivity contribution < 1.29 is 0 Å². The molecule has 0 saturated carbocycles. The first kappa shape index (κ1) is 11.4. The number of aromatic nitrogens is 3. The highest BCUT2D eigenvalue weighted by Gasteiger charge is 2.20. The van der Waals surface area contributed by atoms with Gasteiger partial charge in [0.2, 0.25) is 0 Å². The van der Waals surface area contributed by atoms with E-state index in [1.54, 1.807) is 6.33 Å². The molecule has 18 heavy (non-hydrogen) atoms. The van der Waals surface area contributed by atoms with Crippen LogP contribution in [-0.2, 0) is 12.8 Å². The Bertz CT molecular complexity index is 506. The first-order valence-electron chi connectivity index (χ1n) is 6.51. The van der Waals surface area contributed by atoms with Crippen LogP contribution in [0.4, 0.5) is 0 Å². The van der Waals surface area contributed by atoms with E-state index in [2.05, 4.69) is 51.7 Å². The maximum atomic E-state index is 4.20. The van der Waals surface area contributed by atoms with Gasteiger partial charge in [-0.2, -0.15) is 5.10 Å². The molecule has 2 unspecified atom stereocenters. The zero-order chi connectivity index (χ0) is 12.4. The molecular formula is C14H18N4. The van der Waals surface area contributed by atoms with Crippen molar-refractivity contribution in [1.29, 1.82) is 0 Å². The summed E-state index contributed by atoms with van der Waals surface area (Å²) in [5.74, 6) is 0.911. The Morgan fingerprint density at radius 2 is 2.17 bits per heavy atom. The number of nitrogens with zero attached hydrogens (tertiary/aromatic N) is 2. The van der Waals surface area contributed by atoms with E-state index in [0.29, 0.717) is 6.04 Å². The van der Waals surface area contributed by atoms with Crippen LogP contribution in [0.5, 0.6) is 0 Å². The summed E-state index contributed by atoms with van der Waals surface area (Å²) in [7, 11) is 0. The highest BCUT2D eigenvalue weighted by atomic mass is 15.2. The van der Waals surface area contributed by atoms with E-state index in [-0.39, 0.29) is 6.04 Å². The summed E-state index contributed by atoms with van der Waals surface area (Å²) >= 11 is 0. The summed E-state index contributed by atoms with van der Waals surface area (Å²) in [5, 5.41) is 10.4. The van der Waals surface area contributed by atoms with Gasteiger partial charge in [-0.3, -0.25) is 5.10 Å². The van der Waals surface area contributed by atoms with Gasteiger partial charge in [0, 0.05) is 6.04 Å². The van der Waals surface area contributed by atoms with Gasteiger partial charge in [0.25, 0.3) is 0 Å². The molecule has 1 aliphatic carbocycles. The van der Waals surface area contributed by atoms with Gasteiger partial charge in [-0.05, 0) is 37.3 Å². The maximum absolute atomic E-state index is 4.20. The Kier molecular flexibility index (Phi) is 3.11. The van der Waals surface area contributed by atoms with Crippen molar-refractivity contribution in [2.75, 3.05) is 0 Å². The number of aromatic amines is 1. The Hall–Kier alpha value is -1.68. The predicted molar refractivity (Wildman–Crippen MR) is 70.2 cm³/mol. The van der Waals surface area contributed by atoms with Crippen molar-refractivity contribution in [3.63, 3.8) is 0 Å². The molecule has 0 radical (unpaired) electrons. The van der Waals surface area contributed by atoms with E-state index in [1.807, 2.05) is 0 Å². The minimum Gasteiger partial charge on any atom is -0.304 e. The monoisotopic (exact) mass is 242 g/mol. The van der Waals surface area contributed by atoms with Crippen LogP contribution in [0.2, 0.25) is 0 Å². The summed E-state index contributed by atoms with van der Waals surface area (Å²) in [6.45, 7) is 2.13. The molecule has 1 aliphatic rings. The van der Waals surface area contributed by atoms with E-state index < -0.39 is 0 Å². The Morgan fingerprint density at radius 3 is 2.94 bits per heavy atom. The van der Waals surface area contributed by atoms with Gasteiger partial charge >= 0.3 is 0 Å². The molecule has 1 aromatic heterocycles. The number of H-pyrrole nitrogens is 1. The van der Waals surface area contributed by atoms with Crippen LogP contribution in [0.3, 0.4) is 0 Å². The summed E-state index contributed by atoms with van der Waals surface area (Å²) in [6, 6.07) is 9.49. The Labute approximate surface area is 107 Å². The highest BCUT2D eigenvalue weighted by Crippen LogP contribution is 2.22. The van der Waals surface area contributed by atoms with Crippen molar-refractivity contribution in [2.24, 2.45) is 0 Å². The third kappa shape index (κ3) is 2.29. The van der Waals surface area contributed by atoms with Crippen LogP contribution in [0, 0.1) is 0 Å². The summed E-state index contributed by atoms with van der Waals surface area (Å²) < 4.78 is 0. The molecule has 4 heteroatoms. The number of nitrogens with one attached hydrogen (secondary N) is 2. The SMILES string of the molecule is CC(NC1CCc2ccccc2C1)c1ncn[nH]1. The van der Waals surface area contributed by atoms with Gasteiger partial charge in [0.1, 0.15) is 12.2 Å². The molecule has 1 heterocycles. The minimum atomic E-state index is 0.225. The number of hydrogen-bond donors (Lipinski definition) is 2. The number of hydrogen-bond acceptors (Lipinski definition) is 3. The van der Waals surface area contributed by atoms with Crippen LogP contribution in [0.15, 0.2) is 30.6 Å². The minimum absolute atomic E-state index is 0.225. The second-order valence-electron chi connectivity index (χ2n) is 4.97. The van der Waals surface area contributed by atoms with Crippen molar-refractivity contribution >= 4 is 0 Å². The topological polar surface area (TPSA) is 53.6 Å². The number of rotatable bonds is 3. The zero-order valence-corrected chi connectivity index (χ0v) is 10.6. The molecule has 2 N–H and O–H groups in total. The van der Waals surface area contributed by atoms with E-state index in [4.69, 9.17) is 0 Å². The van der Waals surface area contributed by atoms with Crippen molar-refractivity contribution in [2.45, 2.75) is 38.3 Å². The fraction of sp³-hybridized carbons (Fsp3) is 0.429. The van der Waals surface area contributed by atoms with Crippen LogP contribution in [-0.4, -0.2) is 21.2 Å². The fourth-order valence-electron chi connectivity index (χ4n) is 2.70. The molecule has 0 aliphatic heterocycles. The number of fused-ring (bicyclic) bond motifs is 1. The quantitative estimate of drug-likeness (QED) is 0.865. The second kappa shape index (κ2) is 4.90. The normalized spacial score (nSPS) is 20.4. The molecular weight excluding hydrogens is 224 g/mol. The molecule has 0 fully saturated rings. The van der Waals surface area contributed by atoms with Crippen LogP contribution in [0.1, 0.15) is 36.3 Å². The second-order valence-corrected chi connectivity index (χ2v) is 4.97. The molecule has 0 spiro atoms. The van der Waals surface area contributed by atoms with Gasteiger partial charge in [-0.15, -0.1) is 0 Å². The highest BCUT2D eigenvalue weighted by molar-refractivity contribution is 5.30.